The van der Waals surface area contributed by atoms with Gasteiger partial charge in [-0.1, -0.05) is 0 Å². The molecule has 2 N–H and O–H groups in total. The zero-order valence-corrected chi connectivity index (χ0v) is 12.7. The second-order valence-corrected chi connectivity index (χ2v) is 5.89. The predicted octanol–water partition coefficient (Wildman–Crippen LogP) is 3.02. The van der Waals surface area contributed by atoms with Gasteiger partial charge in [0.15, 0.2) is 0 Å². The van der Waals surface area contributed by atoms with Gasteiger partial charge in [-0.2, -0.15) is 0 Å². The monoisotopic (exact) mass is 280 g/mol. The minimum Gasteiger partial charge on any atom is -0.379 e. The van der Waals surface area contributed by atoms with Crippen LogP contribution in [0.3, 0.4) is 0 Å². The first-order valence-electron chi connectivity index (χ1n) is 7.33. The Bertz CT molecular complexity index is 458. The first-order valence-corrected chi connectivity index (χ1v) is 7.33. The summed E-state index contributed by atoms with van der Waals surface area (Å²) in [6.45, 7) is 6.02. The highest BCUT2D eigenvalue weighted by molar-refractivity contribution is 5.56. The quantitative estimate of drug-likeness (QED) is 0.780. The Balaban J connectivity index is 1.99. The minimum absolute atomic E-state index is 0.185. The van der Waals surface area contributed by atoms with E-state index in [1.165, 1.54) is 12.8 Å². The number of nitrogens with zero attached hydrogens (tertiary/aromatic N) is 1. The van der Waals surface area contributed by atoms with E-state index in [4.69, 9.17) is 10.5 Å². The lowest BCUT2D eigenvalue weighted by molar-refractivity contribution is 0.131. The first-order chi connectivity index (χ1) is 9.49. The first kappa shape index (κ1) is 15.3. The number of benzene rings is 1. The molecular weight excluding hydrogens is 255 g/mol. The summed E-state index contributed by atoms with van der Waals surface area (Å²) in [5, 5.41) is 0. The van der Waals surface area contributed by atoms with Crippen molar-refractivity contribution in [3.05, 3.63) is 29.1 Å². The molecule has 0 unspecified atom stereocenters. The zero-order valence-electron chi connectivity index (χ0n) is 12.7. The molecule has 3 nitrogen and oxygen atoms in total. The molecule has 112 valence electrons. The Morgan fingerprint density at radius 3 is 2.75 bits per heavy atom. The third-order valence-electron chi connectivity index (χ3n) is 3.83. The molecule has 1 fully saturated rings. The maximum Gasteiger partial charge on any atom is 0.126 e. The molecule has 1 aromatic carbocycles. The molecule has 0 aromatic heterocycles. The molecule has 2 rings (SSSR count). The molecule has 20 heavy (non-hydrogen) atoms. The van der Waals surface area contributed by atoms with Gasteiger partial charge in [-0.25, -0.2) is 4.39 Å². The lowest BCUT2D eigenvalue weighted by atomic mass is 10.0. The zero-order chi connectivity index (χ0) is 14.7. The number of nitrogens with two attached hydrogens (primary N) is 1. The van der Waals surface area contributed by atoms with Crippen LogP contribution in [0.5, 0.6) is 0 Å². The molecule has 1 aliphatic carbocycles. The van der Waals surface area contributed by atoms with Crippen LogP contribution in [-0.4, -0.2) is 26.8 Å². The summed E-state index contributed by atoms with van der Waals surface area (Å²) in [4.78, 5) is 2.10. The maximum absolute atomic E-state index is 13.7. The molecule has 4 heteroatoms. The standard InChI is InChI=1S/C16H25FN2O/c1-11-8-16(14(12(2)18)9-15(11)17)19(3)6-7-20-10-13-4-5-13/h8-9,12-13H,4-7,10,18H2,1-3H3/t12-/m0/s1. The number of ether oxygens (including phenoxy) is 1. The van der Waals surface area contributed by atoms with Crippen molar-refractivity contribution in [1.82, 2.24) is 0 Å². The normalized spacial score (nSPS) is 16.2. The molecule has 0 heterocycles. The van der Waals surface area contributed by atoms with E-state index >= 15 is 0 Å². The van der Waals surface area contributed by atoms with Crippen LogP contribution in [0.25, 0.3) is 0 Å². The molecule has 0 bridgehead atoms. The molecular formula is C16H25FN2O. The van der Waals surface area contributed by atoms with Crippen LogP contribution in [-0.2, 0) is 4.74 Å². The van der Waals surface area contributed by atoms with E-state index in [2.05, 4.69) is 4.90 Å². The molecule has 0 aliphatic heterocycles. The van der Waals surface area contributed by atoms with Crippen molar-refractivity contribution in [2.75, 3.05) is 31.7 Å². The Morgan fingerprint density at radius 2 is 2.15 bits per heavy atom. The average molecular weight is 280 g/mol. The summed E-state index contributed by atoms with van der Waals surface area (Å²) in [5.74, 6) is 0.590. The van der Waals surface area contributed by atoms with Gasteiger partial charge in [-0.05, 0) is 55.9 Å². The summed E-state index contributed by atoms with van der Waals surface area (Å²) in [6, 6.07) is 3.24. The number of likely N-dealkylation sites (N-methyl/N-ethyl adjacent to an activating group) is 1. The Morgan fingerprint density at radius 1 is 1.45 bits per heavy atom. The number of anilines is 1. The molecule has 1 saturated carbocycles. The highest BCUT2D eigenvalue weighted by Gasteiger charge is 2.21. The molecule has 0 radical (unpaired) electrons. The predicted molar refractivity (Wildman–Crippen MR) is 80.6 cm³/mol. The second-order valence-electron chi connectivity index (χ2n) is 5.89. The van der Waals surface area contributed by atoms with Gasteiger partial charge in [-0.15, -0.1) is 0 Å². The van der Waals surface area contributed by atoms with Gasteiger partial charge in [0.1, 0.15) is 5.82 Å². The third-order valence-corrected chi connectivity index (χ3v) is 3.83. The summed E-state index contributed by atoms with van der Waals surface area (Å²) >= 11 is 0. The van der Waals surface area contributed by atoms with Crippen LogP contribution in [0.4, 0.5) is 10.1 Å². The number of aryl methyl sites for hydroxylation is 1. The lowest BCUT2D eigenvalue weighted by Gasteiger charge is -2.24. The van der Waals surface area contributed by atoms with E-state index in [0.29, 0.717) is 12.2 Å². The highest BCUT2D eigenvalue weighted by Crippen LogP contribution is 2.29. The van der Waals surface area contributed by atoms with Crippen LogP contribution >= 0.6 is 0 Å². The Hall–Kier alpha value is -1.13. The van der Waals surface area contributed by atoms with Gasteiger partial charge in [-0.3, -0.25) is 0 Å². The number of rotatable bonds is 7. The SMILES string of the molecule is Cc1cc(N(C)CCOCC2CC2)c([C@H](C)N)cc1F. The number of halogens is 1. The smallest absolute Gasteiger partial charge is 0.126 e. The fourth-order valence-electron chi connectivity index (χ4n) is 2.23. The lowest BCUT2D eigenvalue weighted by Crippen LogP contribution is -2.25. The van der Waals surface area contributed by atoms with Crippen molar-refractivity contribution in [2.24, 2.45) is 11.7 Å². The van der Waals surface area contributed by atoms with Gasteiger partial charge in [0.05, 0.1) is 6.61 Å². The van der Waals surface area contributed by atoms with E-state index in [1.807, 2.05) is 20.0 Å². The fourth-order valence-corrected chi connectivity index (χ4v) is 2.23. The molecule has 0 saturated heterocycles. The largest absolute Gasteiger partial charge is 0.379 e. The van der Waals surface area contributed by atoms with Crippen molar-refractivity contribution in [1.29, 1.82) is 0 Å². The van der Waals surface area contributed by atoms with Gasteiger partial charge in [0.2, 0.25) is 0 Å². The fraction of sp³-hybridized carbons (Fsp3) is 0.625. The summed E-state index contributed by atoms with van der Waals surface area (Å²) < 4.78 is 19.3. The number of hydrogen-bond donors (Lipinski definition) is 1. The van der Waals surface area contributed by atoms with Crippen molar-refractivity contribution in [2.45, 2.75) is 32.7 Å². The molecule has 0 amide bonds. The average Bonchev–Trinajstić information content (AvgIpc) is 3.21. The second kappa shape index (κ2) is 6.55. The van der Waals surface area contributed by atoms with Crippen molar-refractivity contribution < 1.29 is 9.13 Å². The van der Waals surface area contributed by atoms with Crippen LogP contribution in [0.15, 0.2) is 12.1 Å². The molecule has 1 atom stereocenters. The van der Waals surface area contributed by atoms with Crippen molar-refractivity contribution in [3.63, 3.8) is 0 Å². The van der Waals surface area contributed by atoms with E-state index in [9.17, 15) is 4.39 Å². The molecule has 1 aromatic rings. The number of hydrogen-bond acceptors (Lipinski definition) is 3. The summed E-state index contributed by atoms with van der Waals surface area (Å²) in [7, 11) is 2.00. The van der Waals surface area contributed by atoms with Gasteiger partial charge < -0.3 is 15.4 Å². The van der Waals surface area contributed by atoms with Crippen molar-refractivity contribution >= 4 is 5.69 Å². The Kier molecular flexibility index (Phi) is 5.00. The molecule has 1 aliphatic rings. The third kappa shape index (κ3) is 3.93. The molecule has 0 spiro atoms. The van der Waals surface area contributed by atoms with Gasteiger partial charge in [0.25, 0.3) is 0 Å². The minimum atomic E-state index is -0.195. The van der Waals surface area contributed by atoms with E-state index in [0.717, 1.165) is 30.3 Å². The summed E-state index contributed by atoms with van der Waals surface area (Å²) in [6.07, 6.45) is 2.61. The van der Waals surface area contributed by atoms with E-state index < -0.39 is 0 Å². The summed E-state index contributed by atoms with van der Waals surface area (Å²) in [5.41, 5.74) is 8.44. The topological polar surface area (TPSA) is 38.5 Å². The maximum atomic E-state index is 13.7. The Labute approximate surface area is 120 Å². The van der Waals surface area contributed by atoms with Crippen LogP contribution < -0.4 is 10.6 Å². The van der Waals surface area contributed by atoms with E-state index in [1.54, 1.807) is 13.0 Å². The van der Waals surface area contributed by atoms with Crippen LogP contribution in [0.1, 0.15) is 36.9 Å². The highest BCUT2D eigenvalue weighted by atomic mass is 19.1. The van der Waals surface area contributed by atoms with Gasteiger partial charge in [0, 0.05) is 31.9 Å². The van der Waals surface area contributed by atoms with Crippen LogP contribution in [0, 0.1) is 18.7 Å². The van der Waals surface area contributed by atoms with Gasteiger partial charge >= 0.3 is 0 Å². The van der Waals surface area contributed by atoms with Crippen LogP contribution in [0.2, 0.25) is 0 Å². The van der Waals surface area contributed by atoms with E-state index in [-0.39, 0.29) is 11.9 Å². The van der Waals surface area contributed by atoms with Crippen molar-refractivity contribution in [3.8, 4) is 0 Å².